The molecule has 4 nitrogen and oxygen atoms in total. The quantitative estimate of drug-likeness (QED) is 0.773. The van der Waals surface area contributed by atoms with Crippen LogP contribution in [0.1, 0.15) is 30.5 Å². The lowest BCUT2D eigenvalue weighted by atomic mass is 9.86. The molecule has 0 bridgehead atoms. The molecule has 0 radical (unpaired) electrons. The monoisotopic (exact) mass is 374 g/mol. The number of anilines is 2. The van der Waals surface area contributed by atoms with E-state index in [0.717, 1.165) is 17.7 Å². The third-order valence-electron chi connectivity index (χ3n) is 4.44. The summed E-state index contributed by atoms with van der Waals surface area (Å²) in [5, 5.41) is 5.44. The second-order valence-corrected chi connectivity index (χ2v) is 6.78. The van der Waals surface area contributed by atoms with Crippen molar-refractivity contribution in [3.63, 3.8) is 0 Å². The summed E-state index contributed by atoms with van der Waals surface area (Å²) in [6, 6.07) is 9.66. The SMILES string of the molecule is CC1(C)C(=O)Nc2cc(NC(=O)C=Cc3ccc(C(F)(F)F)cc3)ccc21. The van der Waals surface area contributed by atoms with Gasteiger partial charge in [0.1, 0.15) is 0 Å². The first-order valence-electron chi connectivity index (χ1n) is 8.20. The van der Waals surface area contributed by atoms with Crippen LogP contribution >= 0.6 is 0 Å². The molecule has 3 rings (SSSR count). The van der Waals surface area contributed by atoms with Crippen molar-refractivity contribution in [2.45, 2.75) is 25.4 Å². The Balaban J connectivity index is 1.67. The molecule has 140 valence electrons. The van der Waals surface area contributed by atoms with E-state index in [-0.39, 0.29) is 5.91 Å². The van der Waals surface area contributed by atoms with Gasteiger partial charge >= 0.3 is 6.18 Å². The van der Waals surface area contributed by atoms with Crippen LogP contribution in [0.25, 0.3) is 6.08 Å². The van der Waals surface area contributed by atoms with Crippen LogP contribution in [0.2, 0.25) is 0 Å². The number of amides is 2. The van der Waals surface area contributed by atoms with Crippen molar-refractivity contribution in [2.24, 2.45) is 0 Å². The van der Waals surface area contributed by atoms with E-state index in [0.29, 0.717) is 16.9 Å². The summed E-state index contributed by atoms with van der Waals surface area (Å²) in [6.45, 7) is 3.64. The average molecular weight is 374 g/mol. The zero-order chi connectivity index (χ0) is 19.8. The van der Waals surface area contributed by atoms with Crippen LogP contribution in [0.3, 0.4) is 0 Å². The first-order valence-corrected chi connectivity index (χ1v) is 8.20. The van der Waals surface area contributed by atoms with Gasteiger partial charge in [0.15, 0.2) is 0 Å². The summed E-state index contributed by atoms with van der Waals surface area (Å²) < 4.78 is 37.6. The van der Waals surface area contributed by atoms with Crippen molar-refractivity contribution in [2.75, 3.05) is 10.6 Å². The Morgan fingerprint density at radius 3 is 2.41 bits per heavy atom. The van der Waals surface area contributed by atoms with E-state index in [1.54, 1.807) is 18.2 Å². The molecule has 0 aromatic heterocycles. The number of carbonyl (C=O) groups is 2. The van der Waals surface area contributed by atoms with Gasteiger partial charge in [0.2, 0.25) is 11.8 Å². The number of rotatable bonds is 3. The van der Waals surface area contributed by atoms with E-state index in [9.17, 15) is 22.8 Å². The molecule has 0 aliphatic carbocycles. The van der Waals surface area contributed by atoms with E-state index in [1.165, 1.54) is 24.3 Å². The van der Waals surface area contributed by atoms with Crippen LogP contribution in [0, 0.1) is 0 Å². The second kappa shape index (κ2) is 6.57. The number of nitrogens with one attached hydrogen (secondary N) is 2. The molecule has 0 spiro atoms. The fraction of sp³-hybridized carbons (Fsp3) is 0.200. The van der Waals surface area contributed by atoms with Gasteiger partial charge in [-0.2, -0.15) is 13.2 Å². The highest BCUT2D eigenvalue weighted by Gasteiger charge is 2.38. The normalized spacial score (nSPS) is 15.5. The zero-order valence-electron chi connectivity index (χ0n) is 14.6. The highest BCUT2D eigenvalue weighted by Crippen LogP contribution is 2.38. The Morgan fingerprint density at radius 2 is 1.78 bits per heavy atom. The molecule has 2 aromatic carbocycles. The Labute approximate surface area is 154 Å². The van der Waals surface area contributed by atoms with Crippen molar-refractivity contribution in [1.29, 1.82) is 0 Å². The summed E-state index contributed by atoms with van der Waals surface area (Å²) in [7, 11) is 0. The minimum absolute atomic E-state index is 0.108. The number of halogens is 3. The molecule has 0 saturated carbocycles. The van der Waals surface area contributed by atoms with Crippen molar-refractivity contribution >= 4 is 29.3 Å². The number of hydrogen-bond donors (Lipinski definition) is 2. The van der Waals surface area contributed by atoms with Crippen LogP contribution < -0.4 is 10.6 Å². The second-order valence-electron chi connectivity index (χ2n) is 6.78. The molecule has 0 fully saturated rings. The Morgan fingerprint density at radius 1 is 1.11 bits per heavy atom. The van der Waals surface area contributed by atoms with Gasteiger partial charge in [-0.05, 0) is 55.3 Å². The van der Waals surface area contributed by atoms with Crippen LogP contribution in [0.5, 0.6) is 0 Å². The van der Waals surface area contributed by atoms with Crippen molar-refractivity contribution in [1.82, 2.24) is 0 Å². The van der Waals surface area contributed by atoms with Gasteiger partial charge in [-0.1, -0.05) is 18.2 Å². The largest absolute Gasteiger partial charge is 0.416 e. The molecule has 1 aliphatic heterocycles. The van der Waals surface area contributed by atoms with Gasteiger partial charge in [0, 0.05) is 17.5 Å². The summed E-state index contributed by atoms with van der Waals surface area (Å²) in [5.74, 6) is -0.540. The highest BCUT2D eigenvalue weighted by atomic mass is 19.4. The van der Waals surface area contributed by atoms with Crippen LogP contribution in [-0.4, -0.2) is 11.8 Å². The number of alkyl halides is 3. The van der Waals surface area contributed by atoms with Crippen molar-refractivity contribution < 1.29 is 22.8 Å². The van der Waals surface area contributed by atoms with Crippen molar-refractivity contribution in [3.05, 3.63) is 65.2 Å². The minimum atomic E-state index is -4.39. The fourth-order valence-electron chi connectivity index (χ4n) is 2.81. The molecule has 2 amide bonds. The van der Waals surface area contributed by atoms with E-state index < -0.39 is 23.1 Å². The molecule has 0 atom stereocenters. The number of benzene rings is 2. The summed E-state index contributed by atoms with van der Waals surface area (Å²) in [4.78, 5) is 24.0. The van der Waals surface area contributed by atoms with E-state index in [4.69, 9.17) is 0 Å². The predicted molar refractivity (Wildman–Crippen MR) is 97.2 cm³/mol. The molecule has 1 heterocycles. The van der Waals surface area contributed by atoms with Crippen molar-refractivity contribution in [3.8, 4) is 0 Å². The smallest absolute Gasteiger partial charge is 0.325 e. The van der Waals surface area contributed by atoms with Gasteiger partial charge in [0.25, 0.3) is 0 Å². The standard InChI is InChI=1S/C20H17F3N2O2/c1-19(2)15-9-8-14(11-16(15)25-18(19)27)24-17(26)10-5-12-3-6-13(7-4-12)20(21,22)23/h3-11H,1-2H3,(H,24,26)(H,25,27). The van der Waals surface area contributed by atoms with Crippen LogP contribution in [0.15, 0.2) is 48.5 Å². The molecule has 2 N–H and O–H groups in total. The first kappa shape index (κ1) is 18.7. The lowest BCUT2D eigenvalue weighted by Gasteiger charge is -2.15. The van der Waals surface area contributed by atoms with Gasteiger partial charge in [-0.25, -0.2) is 0 Å². The van der Waals surface area contributed by atoms with Gasteiger partial charge < -0.3 is 10.6 Å². The van der Waals surface area contributed by atoms with Crippen LogP contribution in [0.4, 0.5) is 24.5 Å². The Kier molecular flexibility index (Phi) is 4.55. The maximum Gasteiger partial charge on any atom is 0.416 e. The minimum Gasteiger partial charge on any atom is -0.325 e. The third-order valence-corrected chi connectivity index (χ3v) is 4.44. The van der Waals surface area contributed by atoms with E-state index in [1.807, 2.05) is 13.8 Å². The summed E-state index contributed by atoms with van der Waals surface area (Å²) in [6.07, 6.45) is -1.73. The van der Waals surface area contributed by atoms with Gasteiger partial charge in [-0.15, -0.1) is 0 Å². The third kappa shape index (κ3) is 3.86. The number of fused-ring (bicyclic) bond motifs is 1. The number of carbonyl (C=O) groups excluding carboxylic acids is 2. The lowest BCUT2D eigenvalue weighted by Crippen LogP contribution is -2.26. The molecular formula is C20H17F3N2O2. The molecule has 0 unspecified atom stereocenters. The maximum absolute atomic E-state index is 12.5. The Hall–Kier alpha value is -3.09. The predicted octanol–water partition coefficient (Wildman–Crippen LogP) is 4.59. The van der Waals surface area contributed by atoms with E-state index in [2.05, 4.69) is 10.6 Å². The average Bonchev–Trinajstić information content (AvgIpc) is 2.81. The molecule has 7 heteroatoms. The topological polar surface area (TPSA) is 58.2 Å². The van der Waals surface area contributed by atoms with Crippen LogP contribution in [-0.2, 0) is 21.2 Å². The Bertz CT molecular complexity index is 929. The maximum atomic E-state index is 12.5. The fourth-order valence-corrected chi connectivity index (χ4v) is 2.81. The highest BCUT2D eigenvalue weighted by molar-refractivity contribution is 6.07. The van der Waals surface area contributed by atoms with E-state index >= 15 is 0 Å². The molecule has 0 saturated heterocycles. The number of hydrogen-bond acceptors (Lipinski definition) is 2. The van der Waals surface area contributed by atoms with Gasteiger partial charge in [-0.3, -0.25) is 9.59 Å². The van der Waals surface area contributed by atoms with Gasteiger partial charge in [0.05, 0.1) is 11.0 Å². The molecule has 1 aliphatic rings. The zero-order valence-corrected chi connectivity index (χ0v) is 14.6. The molecular weight excluding hydrogens is 357 g/mol. The first-order chi connectivity index (χ1) is 12.6. The molecule has 27 heavy (non-hydrogen) atoms. The molecule has 2 aromatic rings. The summed E-state index contributed by atoms with van der Waals surface area (Å²) in [5.41, 5.74) is 1.11. The lowest BCUT2D eigenvalue weighted by molar-refractivity contribution is -0.137. The summed E-state index contributed by atoms with van der Waals surface area (Å²) >= 11 is 0.